The second-order valence-electron chi connectivity index (χ2n) is 9.98. The molecule has 0 bridgehead atoms. The Morgan fingerprint density at radius 1 is 0.842 bits per heavy atom. The number of nitrogens with one attached hydrogen (secondary N) is 3. The molecule has 0 saturated carbocycles. The fraction of sp³-hybridized carbons (Fsp3) is 0.233. The van der Waals surface area contributed by atoms with E-state index in [1.54, 1.807) is 0 Å². The molecule has 0 radical (unpaired) electrons. The van der Waals surface area contributed by atoms with Crippen LogP contribution in [0.1, 0.15) is 25.7 Å². The van der Waals surface area contributed by atoms with E-state index >= 15 is 0 Å². The lowest BCUT2D eigenvalue weighted by Crippen LogP contribution is -2.35. The topological polar surface area (TPSA) is 91.5 Å². The van der Waals surface area contributed by atoms with Gasteiger partial charge in [-0.15, -0.1) is 0 Å². The summed E-state index contributed by atoms with van der Waals surface area (Å²) in [6.07, 6.45) is 10.2. The number of H-pyrrole nitrogens is 2. The Morgan fingerprint density at radius 2 is 1.58 bits per heavy atom. The van der Waals surface area contributed by atoms with Gasteiger partial charge in [-0.2, -0.15) is 10.2 Å². The van der Waals surface area contributed by atoms with Crippen LogP contribution in [0.25, 0.3) is 55.0 Å². The van der Waals surface area contributed by atoms with Crippen LogP contribution in [-0.4, -0.2) is 44.6 Å². The summed E-state index contributed by atoms with van der Waals surface area (Å²) in [7, 11) is 0. The summed E-state index contributed by atoms with van der Waals surface area (Å²) in [5.74, 6) is 0.830. The molecular formula is C30H27ClN6O. The summed E-state index contributed by atoms with van der Waals surface area (Å²) in [6.45, 7) is 1.71. The SMILES string of the molecule is Clc1cc2ncc(-c3ccc4[nH]ncc4c3)c(OCCC3CCCCN3)c2cc1-c1ccc2[nH]ncc2c1. The zero-order valence-corrected chi connectivity index (χ0v) is 21.6. The quantitative estimate of drug-likeness (QED) is 0.221. The molecule has 0 amide bonds. The number of hydrogen-bond acceptors (Lipinski definition) is 5. The second kappa shape index (κ2) is 9.74. The maximum atomic E-state index is 6.81. The van der Waals surface area contributed by atoms with Crippen LogP contribution in [0.5, 0.6) is 5.75 Å². The maximum Gasteiger partial charge on any atom is 0.138 e. The molecule has 1 saturated heterocycles. The van der Waals surface area contributed by atoms with E-state index in [0.717, 1.165) is 73.7 Å². The van der Waals surface area contributed by atoms with Crippen molar-refractivity contribution in [3.8, 4) is 28.0 Å². The minimum absolute atomic E-state index is 0.495. The fourth-order valence-electron chi connectivity index (χ4n) is 5.47. The molecule has 38 heavy (non-hydrogen) atoms. The highest BCUT2D eigenvalue weighted by Gasteiger charge is 2.18. The minimum atomic E-state index is 0.495. The van der Waals surface area contributed by atoms with Crippen LogP contribution in [-0.2, 0) is 0 Å². The van der Waals surface area contributed by atoms with Crippen LogP contribution in [0.4, 0.5) is 0 Å². The van der Waals surface area contributed by atoms with Gasteiger partial charge in [0.2, 0.25) is 0 Å². The number of ether oxygens (including phenoxy) is 1. The first-order valence-electron chi connectivity index (χ1n) is 13.1. The van der Waals surface area contributed by atoms with Crippen LogP contribution in [0.3, 0.4) is 0 Å². The molecule has 7 nitrogen and oxygen atoms in total. The van der Waals surface area contributed by atoms with Crippen molar-refractivity contribution in [2.45, 2.75) is 31.7 Å². The lowest BCUT2D eigenvalue weighted by Gasteiger charge is -2.24. The van der Waals surface area contributed by atoms with Crippen molar-refractivity contribution >= 4 is 44.3 Å². The van der Waals surface area contributed by atoms with Crippen molar-refractivity contribution in [2.24, 2.45) is 0 Å². The van der Waals surface area contributed by atoms with Gasteiger partial charge in [-0.1, -0.05) is 30.2 Å². The van der Waals surface area contributed by atoms with E-state index in [9.17, 15) is 0 Å². The van der Waals surface area contributed by atoms with Crippen molar-refractivity contribution in [3.63, 3.8) is 0 Å². The van der Waals surface area contributed by atoms with E-state index < -0.39 is 0 Å². The highest BCUT2D eigenvalue weighted by atomic mass is 35.5. The first kappa shape index (κ1) is 23.2. The maximum absolute atomic E-state index is 6.81. The number of fused-ring (bicyclic) bond motifs is 3. The van der Waals surface area contributed by atoms with Crippen molar-refractivity contribution in [2.75, 3.05) is 13.2 Å². The van der Waals surface area contributed by atoms with Crippen LogP contribution >= 0.6 is 11.6 Å². The Hall–Kier alpha value is -3.94. The van der Waals surface area contributed by atoms with E-state index in [0.29, 0.717) is 17.7 Å². The smallest absolute Gasteiger partial charge is 0.138 e. The molecule has 190 valence electrons. The van der Waals surface area contributed by atoms with Crippen molar-refractivity contribution in [3.05, 3.63) is 72.1 Å². The zero-order chi connectivity index (χ0) is 25.5. The number of benzene rings is 3. The lowest BCUT2D eigenvalue weighted by molar-refractivity contribution is 0.271. The number of hydrogen-bond donors (Lipinski definition) is 3. The van der Waals surface area contributed by atoms with Crippen molar-refractivity contribution in [1.29, 1.82) is 0 Å². The van der Waals surface area contributed by atoms with Crippen molar-refractivity contribution < 1.29 is 4.74 Å². The van der Waals surface area contributed by atoms with E-state index in [-0.39, 0.29) is 0 Å². The summed E-state index contributed by atoms with van der Waals surface area (Å²) in [6, 6.07) is 17.0. The molecule has 1 unspecified atom stereocenters. The highest BCUT2D eigenvalue weighted by molar-refractivity contribution is 6.34. The molecule has 4 heterocycles. The summed E-state index contributed by atoms with van der Waals surface area (Å²) in [4.78, 5) is 4.81. The molecule has 3 aromatic heterocycles. The average Bonchev–Trinajstić information content (AvgIpc) is 3.62. The second-order valence-corrected chi connectivity index (χ2v) is 10.4. The molecule has 0 aliphatic carbocycles. The number of halogens is 1. The number of pyridine rings is 1. The monoisotopic (exact) mass is 522 g/mol. The molecule has 6 aromatic rings. The van der Waals surface area contributed by atoms with Gasteiger partial charge in [0.15, 0.2) is 0 Å². The van der Waals surface area contributed by atoms with E-state index in [1.807, 2.05) is 36.8 Å². The largest absolute Gasteiger partial charge is 0.492 e. The summed E-state index contributed by atoms with van der Waals surface area (Å²) >= 11 is 6.81. The number of nitrogens with zero attached hydrogens (tertiary/aromatic N) is 3. The van der Waals surface area contributed by atoms with Gasteiger partial charge in [-0.25, -0.2) is 0 Å². The molecule has 8 heteroatoms. The Bertz CT molecular complexity index is 1770. The Labute approximate surface area is 224 Å². The predicted octanol–water partition coefficient (Wildman–Crippen LogP) is 6.89. The third-order valence-corrected chi connectivity index (χ3v) is 7.85. The van der Waals surface area contributed by atoms with Gasteiger partial charge in [0.1, 0.15) is 5.75 Å². The van der Waals surface area contributed by atoms with Gasteiger partial charge in [0.05, 0.1) is 40.6 Å². The Balaban J connectivity index is 1.35. The Morgan fingerprint density at radius 3 is 2.29 bits per heavy atom. The molecule has 1 aliphatic heterocycles. The standard InChI is InChI=1S/C30H27ClN6O/c31-26-14-29-24(13-23(26)18-4-6-27-20(11-18)15-34-36-27)30(38-10-8-22-3-1-2-9-32-22)25(17-33-29)19-5-7-28-21(12-19)16-35-37-28/h4-7,11-17,22,32H,1-3,8-10H2,(H,34,36)(H,35,37). The third kappa shape index (κ3) is 4.27. The van der Waals surface area contributed by atoms with Crippen LogP contribution in [0.15, 0.2) is 67.1 Å². The van der Waals surface area contributed by atoms with Gasteiger partial charge in [-0.3, -0.25) is 15.2 Å². The van der Waals surface area contributed by atoms with Gasteiger partial charge in [-0.05, 0) is 73.3 Å². The summed E-state index contributed by atoms with van der Waals surface area (Å²) in [5, 5.41) is 21.7. The van der Waals surface area contributed by atoms with E-state index in [4.69, 9.17) is 21.3 Å². The number of rotatable bonds is 6. The Kier molecular flexibility index (Phi) is 5.95. The van der Waals surface area contributed by atoms with Gasteiger partial charge < -0.3 is 10.1 Å². The minimum Gasteiger partial charge on any atom is -0.492 e. The normalized spacial score (nSPS) is 16.0. The van der Waals surface area contributed by atoms with Gasteiger partial charge in [0, 0.05) is 39.5 Å². The molecular weight excluding hydrogens is 496 g/mol. The molecule has 1 aliphatic rings. The lowest BCUT2D eigenvalue weighted by atomic mass is 9.98. The van der Waals surface area contributed by atoms with Gasteiger partial charge >= 0.3 is 0 Å². The molecule has 1 atom stereocenters. The van der Waals surface area contributed by atoms with Crippen LogP contribution < -0.4 is 10.1 Å². The first-order valence-corrected chi connectivity index (χ1v) is 13.5. The number of aromatic nitrogens is 5. The summed E-state index contributed by atoms with van der Waals surface area (Å²) in [5.41, 5.74) is 6.74. The van der Waals surface area contributed by atoms with Crippen LogP contribution in [0, 0.1) is 0 Å². The van der Waals surface area contributed by atoms with Crippen LogP contribution in [0.2, 0.25) is 5.02 Å². The van der Waals surface area contributed by atoms with Crippen molar-refractivity contribution in [1.82, 2.24) is 30.7 Å². The van der Waals surface area contributed by atoms with Gasteiger partial charge in [0.25, 0.3) is 0 Å². The summed E-state index contributed by atoms with van der Waals surface area (Å²) < 4.78 is 6.63. The number of piperidine rings is 1. The average molecular weight is 523 g/mol. The van der Waals surface area contributed by atoms with E-state index in [1.165, 1.54) is 19.3 Å². The molecule has 0 spiro atoms. The third-order valence-electron chi connectivity index (χ3n) is 7.53. The fourth-order valence-corrected chi connectivity index (χ4v) is 5.73. The molecule has 7 rings (SSSR count). The predicted molar refractivity (Wildman–Crippen MR) is 153 cm³/mol. The molecule has 1 fully saturated rings. The first-order chi connectivity index (χ1) is 18.7. The molecule has 3 aromatic carbocycles. The van der Waals surface area contributed by atoms with E-state index in [2.05, 4.69) is 56.0 Å². The number of aromatic amines is 2. The highest BCUT2D eigenvalue weighted by Crippen LogP contribution is 2.41. The zero-order valence-electron chi connectivity index (χ0n) is 20.8. The molecule has 3 N–H and O–H groups in total.